The number of ether oxygens (including phenoxy) is 1. The Hall–Kier alpha value is -2.40. The van der Waals surface area contributed by atoms with Crippen molar-refractivity contribution >= 4 is 5.91 Å². The van der Waals surface area contributed by atoms with E-state index in [1.54, 1.807) is 12.3 Å². The fourth-order valence-electron chi connectivity index (χ4n) is 3.21. The molecule has 1 aromatic heterocycles. The predicted molar refractivity (Wildman–Crippen MR) is 102 cm³/mol. The second-order valence-corrected chi connectivity index (χ2v) is 6.74. The summed E-state index contributed by atoms with van der Waals surface area (Å²) in [6, 6.07) is 13.8. The molecule has 1 aromatic carbocycles. The largest absolute Gasteiger partial charge is 0.468 e. The number of likely N-dealkylation sites (tertiary alicyclic amines) is 1. The Kier molecular flexibility index (Phi) is 7.02. The number of nitrogens with one attached hydrogen (secondary N) is 1. The number of benzene rings is 1. The molecule has 1 fully saturated rings. The van der Waals surface area contributed by atoms with Gasteiger partial charge in [-0.2, -0.15) is 0 Å². The van der Waals surface area contributed by atoms with Crippen LogP contribution in [0.5, 0.6) is 5.88 Å². The molecule has 1 aliphatic heterocycles. The molecule has 0 spiro atoms. The van der Waals surface area contributed by atoms with Crippen LogP contribution in [-0.4, -0.2) is 35.5 Å². The molecule has 2 aromatic rings. The van der Waals surface area contributed by atoms with Crippen LogP contribution in [0.1, 0.15) is 36.8 Å². The number of nitrogens with zero attached hydrogens (tertiary/aromatic N) is 2. The zero-order valence-electron chi connectivity index (χ0n) is 15.2. The van der Waals surface area contributed by atoms with Crippen molar-refractivity contribution < 1.29 is 9.53 Å². The number of hydrogen-bond acceptors (Lipinski definition) is 4. The van der Waals surface area contributed by atoms with Crippen molar-refractivity contribution in [2.75, 3.05) is 19.7 Å². The Balaban J connectivity index is 1.45. The highest BCUT2D eigenvalue weighted by molar-refractivity contribution is 5.77. The van der Waals surface area contributed by atoms with Gasteiger partial charge in [-0.25, -0.2) is 4.98 Å². The van der Waals surface area contributed by atoms with Gasteiger partial charge in [0.25, 0.3) is 5.91 Å². The lowest BCUT2D eigenvalue weighted by molar-refractivity contribution is -0.123. The normalized spacial score (nSPS) is 15.2. The van der Waals surface area contributed by atoms with Crippen molar-refractivity contribution in [1.82, 2.24) is 15.2 Å². The molecule has 1 aliphatic rings. The summed E-state index contributed by atoms with van der Waals surface area (Å²) in [5, 5.41) is 2.90. The molecule has 5 heteroatoms. The molecule has 1 saturated heterocycles. The van der Waals surface area contributed by atoms with Gasteiger partial charge in [0.15, 0.2) is 6.61 Å². The van der Waals surface area contributed by atoms with Crippen molar-refractivity contribution in [1.29, 1.82) is 0 Å². The average molecular weight is 353 g/mol. The van der Waals surface area contributed by atoms with Crippen LogP contribution in [0.15, 0.2) is 48.7 Å². The van der Waals surface area contributed by atoms with Gasteiger partial charge in [0.05, 0.1) is 0 Å². The van der Waals surface area contributed by atoms with Gasteiger partial charge >= 0.3 is 0 Å². The van der Waals surface area contributed by atoms with Gasteiger partial charge in [0.2, 0.25) is 5.88 Å². The Labute approximate surface area is 155 Å². The van der Waals surface area contributed by atoms with E-state index < -0.39 is 0 Å². The van der Waals surface area contributed by atoms with E-state index in [9.17, 15) is 4.79 Å². The maximum absolute atomic E-state index is 12.0. The number of aromatic nitrogens is 1. The minimum Gasteiger partial charge on any atom is -0.468 e. The minimum atomic E-state index is -0.145. The molecule has 2 heterocycles. The monoisotopic (exact) mass is 353 g/mol. The van der Waals surface area contributed by atoms with E-state index in [1.165, 1.54) is 44.3 Å². The first-order valence-electron chi connectivity index (χ1n) is 9.40. The third-order valence-electron chi connectivity index (χ3n) is 4.57. The molecular formula is C21H27N3O2. The maximum atomic E-state index is 12.0. The minimum absolute atomic E-state index is 0.0233. The Morgan fingerprint density at radius 3 is 2.62 bits per heavy atom. The second-order valence-electron chi connectivity index (χ2n) is 6.74. The second kappa shape index (κ2) is 9.92. The molecule has 26 heavy (non-hydrogen) atoms. The summed E-state index contributed by atoms with van der Waals surface area (Å²) in [4.78, 5) is 18.5. The molecule has 1 N–H and O–H groups in total. The molecular weight excluding hydrogens is 326 g/mol. The molecule has 5 nitrogen and oxygen atoms in total. The summed E-state index contributed by atoms with van der Waals surface area (Å²) >= 11 is 0. The van der Waals surface area contributed by atoms with E-state index in [0.29, 0.717) is 12.4 Å². The first-order chi connectivity index (χ1) is 12.8. The quantitative estimate of drug-likeness (QED) is 0.831. The highest BCUT2D eigenvalue weighted by Gasteiger charge is 2.10. The van der Waals surface area contributed by atoms with Crippen molar-refractivity contribution in [3.8, 4) is 5.88 Å². The number of pyridine rings is 1. The number of carbonyl (C=O) groups excluding carboxylic acids is 1. The van der Waals surface area contributed by atoms with E-state index in [-0.39, 0.29) is 12.5 Å². The van der Waals surface area contributed by atoms with Gasteiger partial charge in [0, 0.05) is 25.4 Å². The summed E-state index contributed by atoms with van der Waals surface area (Å²) in [6.45, 7) is 3.85. The topological polar surface area (TPSA) is 54.5 Å². The first-order valence-corrected chi connectivity index (χ1v) is 9.40. The van der Waals surface area contributed by atoms with Gasteiger partial charge in [-0.15, -0.1) is 0 Å². The Morgan fingerprint density at radius 2 is 1.85 bits per heavy atom. The van der Waals surface area contributed by atoms with Gasteiger partial charge < -0.3 is 10.1 Å². The number of rotatable bonds is 7. The van der Waals surface area contributed by atoms with E-state index >= 15 is 0 Å². The van der Waals surface area contributed by atoms with Crippen LogP contribution in [0, 0.1) is 0 Å². The smallest absolute Gasteiger partial charge is 0.258 e. The van der Waals surface area contributed by atoms with E-state index in [4.69, 9.17) is 4.74 Å². The van der Waals surface area contributed by atoms with Crippen LogP contribution in [0.2, 0.25) is 0 Å². The van der Waals surface area contributed by atoms with Gasteiger partial charge in [-0.05, 0) is 43.1 Å². The molecule has 0 atom stereocenters. The van der Waals surface area contributed by atoms with E-state index in [2.05, 4.69) is 33.4 Å². The lowest BCUT2D eigenvalue weighted by atomic mass is 10.1. The van der Waals surface area contributed by atoms with Crippen LogP contribution < -0.4 is 10.1 Å². The molecule has 0 saturated carbocycles. The molecule has 0 radical (unpaired) electrons. The van der Waals surface area contributed by atoms with Crippen LogP contribution in [0.25, 0.3) is 0 Å². The SMILES string of the molecule is O=C(COc1ccccn1)NCc1cccc(CN2CCCCCC2)c1. The Bertz CT molecular complexity index is 683. The van der Waals surface area contributed by atoms with Crippen LogP contribution in [-0.2, 0) is 17.9 Å². The van der Waals surface area contributed by atoms with Crippen molar-refractivity contribution in [2.45, 2.75) is 38.8 Å². The number of hydrogen-bond donors (Lipinski definition) is 1. The summed E-state index contributed by atoms with van der Waals surface area (Å²) in [6.07, 6.45) is 6.94. The fraction of sp³-hybridized carbons (Fsp3) is 0.429. The third kappa shape index (κ3) is 6.15. The third-order valence-corrected chi connectivity index (χ3v) is 4.57. The number of carbonyl (C=O) groups is 1. The highest BCUT2D eigenvalue weighted by atomic mass is 16.5. The number of amides is 1. The molecule has 1 amide bonds. The van der Waals surface area contributed by atoms with E-state index in [0.717, 1.165) is 12.1 Å². The average Bonchev–Trinajstić information content (AvgIpc) is 2.94. The highest BCUT2D eigenvalue weighted by Crippen LogP contribution is 2.14. The molecule has 138 valence electrons. The van der Waals surface area contributed by atoms with Crippen molar-refractivity contribution in [3.63, 3.8) is 0 Å². The zero-order valence-corrected chi connectivity index (χ0v) is 15.2. The van der Waals surface area contributed by atoms with Gasteiger partial charge in [-0.3, -0.25) is 9.69 Å². The molecule has 0 bridgehead atoms. The summed E-state index contributed by atoms with van der Waals surface area (Å²) in [7, 11) is 0. The maximum Gasteiger partial charge on any atom is 0.258 e. The van der Waals surface area contributed by atoms with Crippen molar-refractivity contribution in [2.24, 2.45) is 0 Å². The zero-order chi connectivity index (χ0) is 18.0. The van der Waals surface area contributed by atoms with Crippen LogP contribution in [0.3, 0.4) is 0 Å². The molecule has 3 rings (SSSR count). The predicted octanol–water partition coefficient (Wildman–Crippen LogP) is 3.15. The van der Waals surface area contributed by atoms with Crippen molar-refractivity contribution in [3.05, 3.63) is 59.8 Å². The lowest BCUT2D eigenvalue weighted by Gasteiger charge is -2.20. The summed E-state index contributed by atoms with van der Waals surface area (Å²) < 4.78 is 5.36. The van der Waals surface area contributed by atoms with Crippen LogP contribution in [0.4, 0.5) is 0 Å². The molecule has 0 aliphatic carbocycles. The van der Waals surface area contributed by atoms with Gasteiger partial charge in [0.1, 0.15) is 0 Å². The van der Waals surface area contributed by atoms with E-state index in [1.807, 2.05) is 18.2 Å². The van der Waals surface area contributed by atoms with Crippen LogP contribution >= 0.6 is 0 Å². The Morgan fingerprint density at radius 1 is 1.04 bits per heavy atom. The lowest BCUT2D eigenvalue weighted by Crippen LogP contribution is -2.28. The molecule has 0 unspecified atom stereocenters. The fourth-order valence-corrected chi connectivity index (χ4v) is 3.21. The summed E-state index contributed by atoms with van der Waals surface area (Å²) in [5.74, 6) is 0.315. The summed E-state index contributed by atoms with van der Waals surface area (Å²) in [5.41, 5.74) is 2.42. The van der Waals surface area contributed by atoms with Gasteiger partial charge in [-0.1, -0.05) is 43.2 Å². The first kappa shape index (κ1) is 18.4. The standard InChI is InChI=1S/C21H27N3O2/c25-20(17-26-21-10-3-4-11-22-21)23-15-18-8-7-9-19(14-18)16-24-12-5-1-2-6-13-24/h3-4,7-11,14H,1-2,5-6,12-13,15-17H2,(H,23,25).